The van der Waals surface area contributed by atoms with Gasteiger partial charge >= 0.3 is 0 Å². The molecule has 6 bridgehead atoms. The number of carboxylic acid groups (broad SMARTS) is 2. The first-order valence-corrected chi connectivity index (χ1v) is 19.6. The summed E-state index contributed by atoms with van der Waals surface area (Å²) in [5, 5.41) is 25.7. The molecule has 57 heavy (non-hydrogen) atoms. The number of aliphatic carboxylic acids is 2. The summed E-state index contributed by atoms with van der Waals surface area (Å²) >= 11 is 0. The molecule has 4 aliphatic heterocycles. The Labute approximate surface area is 333 Å². The molecule has 6 unspecified atom stereocenters. The predicted octanol–water partition coefficient (Wildman–Crippen LogP) is 5.38. The highest BCUT2D eigenvalue weighted by atomic mass is 19.1. The summed E-state index contributed by atoms with van der Waals surface area (Å²) in [5.41, 5.74) is 4.90. The molecule has 12 heteroatoms. The Morgan fingerprint density at radius 1 is 0.719 bits per heavy atom. The zero-order valence-corrected chi connectivity index (χ0v) is 33.7. The van der Waals surface area contributed by atoms with Crippen molar-refractivity contribution in [1.82, 2.24) is 0 Å². The average molecular weight is 783 g/mol. The molecule has 0 saturated heterocycles. The quantitative estimate of drug-likeness (QED) is 0.206. The number of benzene rings is 4. The number of carbonyl (C=O) groups is 2. The normalized spacial score (nSPS) is 23.4. The van der Waals surface area contributed by atoms with Crippen LogP contribution in [0.15, 0.2) is 60.7 Å². The lowest BCUT2D eigenvalue weighted by molar-refractivity contribution is -0.958. The molecular weight excluding hydrogens is 731 g/mol. The molecule has 6 atom stereocenters. The summed E-state index contributed by atoms with van der Waals surface area (Å²) in [6, 6.07) is 16.0. The number of hydrogen-bond donors (Lipinski definition) is 0. The minimum Gasteiger partial charge on any atom is -0.544 e. The van der Waals surface area contributed by atoms with E-state index in [0.717, 1.165) is 27.8 Å². The smallest absolute Gasteiger partial charge is 0.208 e. The lowest BCUT2D eigenvalue weighted by Gasteiger charge is -2.51. The van der Waals surface area contributed by atoms with E-state index in [1.807, 2.05) is 82.5 Å². The molecule has 0 spiro atoms. The fourth-order valence-electron chi connectivity index (χ4n) is 9.86. The molecule has 4 heterocycles. The third-order valence-electron chi connectivity index (χ3n) is 13.0. The summed E-state index contributed by atoms with van der Waals surface area (Å²) in [5.74, 6) is -0.976. The second-order valence-electron chi connectivity index (χ2n) is 15.9. The van der Waals surface area contributed by atoms with Crippen molar-refractivity contribution in [3.63, 3.8) is 0 Å². The third kappa shape index (κ3) is 6.92. The Kier molecular flexibility index (Phi) is 10.9. The topological polar surface area (TPSA) is 126 Å². The van der Waals surface area contributed by atoms with E-state index in [9.17, 15) is 19.8 Å². The number of methoxy groups -OCH3 is 3. The van der Waals surface area contributed by atoms with Crippen molar-refractivity contribution in [2.45, 2.75) is 76.5 Å². The van der Waals surface area contributed by atoms with Gasteiger partial charge in [0, 0.05) is 44.1 Å². The van der Waals surface area contributed by atoms with Gasteiger partial charge in [-0.05, 0) is 64.7 Å². The maximum absolute atomic E-state index is 17.1. The minimum atomic E-state index is -1.19. The Morgan fingerprint density at radius 3 is 1.86 bits per heavy atom. The number of carboxylic acids is 2. The highest BCUT2D eigenvalue weighted by molar-refractivity contribution is 5.70. The molecular formula is C45H51FN2O9. The van der Waals surface area contributed by atoms with E-state index in [4.69, 9.17) is 23.7 Å². The molecule has 8 rings (SSSR count). The van der Waals surface area contributed by atoms with Crippen molar-refractivity contribution in [3.8, 4) is 40.2 Å². The third-order valence-corrected chi connectivity index (χ3v) is 13.0. The van der Waals surface area contributed by atoms with Crippen molar-refractivity contribution in [1.29, 1.82) is 0 Å². The lowest BCUT2D eigenvalue weighted by Crippen LogP contribution is -2.63. The van der Waals surface area contributed by atoms with Crippen LogP contribution in [0.2, 0.25) is 0 Å². The zero-order valence-electron chi connectivity index (χ0n) is 33.7. The van der Waals surface area contributed by atoms with Crippen LogP contribution < -0.4 is 33.9 Å². The van der Waals surface area contributed by atoms with Gasteiger partial charge in [-0.3, -0.25) is 0 Å². The summed E-state index contributed by atoms with van der Waals surface area (Å²) in [6.45, 7) is 4.65. The van der Waals surface area contributed by atoms with Gasteiger partial charge in [-0.25, -0.2) is 0 Å². The SMILES string of the molecule is CCC(C(=O)[O-])[N+]1(C)CCc2cc(OC)c3cc2C1Cc1ccc(cc1)Oc1cc(ccc1OC)CC1c2c(cc(OC)c(F)c2O3)CC[N+]1(C)C(CC)C(=O)[O-]. The number of quaternary nitrogens is 2. The molecule has 0 amide bonds. The van der Waals surface area contributed by atoms with Crippen LogP contribution in [0, 0.1) is 5.82 Å². The molecule has 302 valence electrons. The maximum Gasteiger partial charge on any atom is 0.208 e. The van der Waals surface area contributed by atoms with E-state index in [1.54, 1.807) is 13.2 Å². The van der Waals surface area contributed by atoms with Crippen molar-refractivity contribution >= 4 is 11.9 Å². The van der Waals surface area contributed by atoms with Crippen LogP contribution in [0.25, 0.3) is 0 Å². The summed E-state index contributed by atoms with van der Waals surface area (Å²) in [7, 11) is 8.35. The Balaban J connectivity index is 1.53. The van der Waals surface area contributed by atoms with E-state index in [2.05, 4.69) is 0 Å². The molecule has 0 aromatic heterocycles. The number of likely N-dealkylation sites (N-methyl/N-ethyl adjacent to an activating group) is 2. The summed E-state index contributed by atoms with van der Waals surface area (Å²) in [4.78, 5) is 25.7. The lowest BCUT2D eigenvalue weighted by atomic mass is 9.83. The van der Waals surface area contributed by atoms with Crippen LogP contribution in [0.5, 0.6) is 40.2 Å². The van der Waals surface area contributed by atoms with Gasteiger partial charge in [-0.15, -0.1) is 0 Å². The average Bonchev–Trinajstić information content (AvgIpc) is 3.18. The van der Waals surface area contributed by atoms with Gasteiger partial charge in [-0.2, -0.15) is 4.39 Å². The molecule has 0 saturated carbocycles. The summed E-state index contributed by atoms with van der Waals surface area (Å²) in [6.07, 6.45) is 2.40. The van der Waals surface area contributed by atoms with Crippen molar-refractivity contribution in [2.24, 2.45) is 0 Å². The zero-order chi connectivity index (χ0) is 40.8. The molecule has 4 aromatic carbocycles. The number of fused-ring (bicyclic) bond motifs is 2. The molecule has 0 radical (unpaired) electrons. The van der Waals surface area contributed by atoms with E-state index in [1.165, 1.54) is 14.2 Å². The standard InChI is InChI=1S/C45H51FN2O9/c1-8-32(44(49)50)47(3)18-16-28-23-37(54-6)39-25-31(28)34(47)20-26-10-13-30(14-11-26)56-38-22-27(12-15-36(38)53-5)21-35-41-29(24-40(55-7)42(46)43(41)57-39)17-19-48(35,4)33(9-2)45(51)52/h10-15,22-25,32-35H,8-9,16-21H2,1-7H3. The second-order valence-corrected chi connectivity index (χ2v) is 15.9. The van der Waals surface area contributed by atoms with Crippen molar-refractivity contribution in [2.75, 3.05) is 48.5 Å². The Hall–Kier alpha value is -5.33. The maximum atomic E-state index is 17.1. The highest BCUT2D eigenvalue weighted by Gasteiger charge is 2.48. The molecule has 4 aliphatic rings. The first-order valence-electron chi connectivity index (χ1n) is 19.6. The summed E-state index contributed by atoms with van der Waals surface area (Å²) < 4.78 is 47.8. The second kappa shape index (κ2) is 15.5. The van der Waals surface area contributed by atoms with Crippen LogP contribution >= 0.6 is 0 Å². The minimum absolute atomic E-state index is 0.00497. The number of halogens is 1. The predicted molar refractivity (Wildman–Crippen MR) is 206 cm³/mol. The number of ether oxygens (including phenoxy) is 5. The first kappa shape index (κ1) is 39.9. The number of nitrogens with zero attached hydrogens (tertiary/aromatic N) is 2. The molecule has 0 fully saturated rings. The highest BCUT2D eigenvalue weighted by Crippen LogP contribution is 2.51. The van der Waals surface area contributed by atoms with Crippen LogP contribution in [-0.2, 0) is 35.3 Å². The van der Waals surface area contributed by atoms with E-state index in [0.29, 0.717) is 67.3 Å². The van der Waals surface area contributed by atoms with E-state index < -0.39 is 35.9 Å². The van der Waals surface area contributed by atoms with Crippen LogP contribution in [-0.4, -0.2) is 81.5 Å². The Bertz CT molecular complexity index is 2190. The molecule has 0 aliphatic carbocycles. The van der Waals surface area contributed by atoms with Crippen molar-refractivity contribution < 1.29 is 56.8 Å². The molecule has 0 N–H and O–H groups in total. The fraction of sp³-hybridized carbons (Fsp3) is 0.422. The fourth-order valence-corrected chi connectivity index (χ4v) is 9.86. The van der Waals surface area contributed by atoms with Crippen LogP contribution in [0.3, 0.4) is 0 Å². The van der Waals surface area contributed by atoms with Crippen molar-refractivity contribution in [3.05, 3.63) is 99.9 Å². The molecule has 11 nitrogen and oxygen atoms in total. The van der Waals surface area contributed by atoms with Crippen LogP contribution in [0.4, 0.5) is 4.39 Å². The largest absolute Gasteiger partial charge is 0.544 e. The molecule has 4 aromatic rings. The van der Waals surface area contributed by atoms with Gasteiger partial charge in [0.15, 0.2) is 34.5 Å². The first-order chi connectivity index (χ1) is 27.3. The Morgan fingerprint density at radius 2 is 1.26 bits per heavy atom. The van der Waals surface area contributed by atoms with Crippen LogP contribution in [0.1, 0.15) is 72.2 Å². The number of hydrogen-bond acceptors (Lipinski definition) is 9. The van der Waals surface area contributed by atoms with E-state index in [-0.39, 0.29) is 45.1 Å². The number of rotatable bonds is 9. The van der Waals surface area contributed by atoms with Gasteiger partial charge < -0.3 is 52.5 Å². The number of carbonyl (C=O) groups excluding carboxylic acids is 2. The monoisotopic (exact) mass is 782 g/mol. The van der Waals surface area contributed by atoms with E-state index >= 15 is 4.39 Å². The van der Waals surface area contributed by atoms with Gasteiger partial charge in [0.05, 0.1) is 66.0 Å². The van der Waals surface area contributed by atoms with Gasteiger partial charge in [0.25, 0.3) is 0 Å². The van der Waals surface area contributed by atoms with Gasteiger partial charge in [0.1, 0.15) is 29.9 Å². The van der Waals surface area contributed by atoms with Gasteiger partial charge in [-0.1, -0.05) is 32.0 Å². The van der Waals surface area contributed by atoms with Gasteiger partial charge in [0.2, 0.25) is 5.82 Å².